The van der Waals surface area contributed by atoms with Crippen LogP contribution >= 0.6 is 24.0 Å². The lowest BCUT2D eigenvalue weighted by atomic mass is 10.1. The number of methoxy groups -OCH3 is 1. The molecule has 0 aliphatic heterocycles. The highest BCUT2D eigenvalue weighted by atomic mass is 127. The summed E-state index contributed by atoms with van der Waals surface area (Å²) in [5.74, 6) is 1.12. The number of hydrogen-bond donors (Lipinski definition) is 3. The minimum atomic E-state index is 0. The molecule has 0 bridgehead atoms. The molecular formula is C25H25IN2O2. The van der Waals surface area contributed by atoms with Gasteiger partial charge in [-0.15, -0.1) is 24.0 Å². The first-order chi connectivity index (χ1) is 14.0. The second-order valence-corrected chi connectivity index (χ2v) is 6.53. The van der Waals surface area contributed by atoms with Crippen LogP contribution in [0.3, 0.4) is 0 Å². The van der Waals surface area contributed by atoms with Gasteiger partial charge in [0.1, 0.15) is 11.5 Å². The van der Waals surface area contributed by atoms with Crippen molar-refractivity contribution >= 4 is 35.4 Å². The Morgan fingerprint density at radius 1 is 0.600 bits per heavy atom. The third-order valence-corrected chi connectivity index (χ3v) is 4.36. The summed E-state index contributed by atoms with van der Waals surface area (Å²) in [5, 5.41) is 9.31. The zero-order valence-electron chi connectivity index (χ0n) is 16.7. The summed E-state index contributed by atoms with van der Waals surface area (Å²) < 4.78 is 5.18. The number of benzene rings is 4. The van der Waals surface area contributed by atoms with E-state index in [-0.39, 0.29) is 29.7 Å². The van der Waals surface area contributed by atoms with Gasteiger partial charge in [0, 0.05) is 11.4 Å². The normalized spacial score (nSPS) is 9.63. The average molecular weight is 512 g/mol. The van der Waals surface area contributed by atoms with Crippen LogP contribution in [0.1, 0.15) is 0 Å². The van der Waals surface area contributed by atoms with Crippen LogP contribution in [0.2, 0.25) is 0 Å². The van der Waals surface area contributed by atoms with Gasteiger partial charge in [0.2, 0.25) is 0 Å². The molecule has 30 heavy (non-hydrogen) atoms. The van der Waals surface area contributed by atoms with Crippen LogP contribution < -0.4 is 16.2 Å². The number of anilines is 2. The zero-order valence-corrected chi connectivity index (χ0v) is 19.0. The van der Waals surface area contributed by atoms with Gasteiger partial charge in [0.15, 0.2) is 0 Å². The van der Waals surface area contributed by atoms with Crippen molar-refractivity contribution in [3.05, 3.63) is 97.1 Å². The molecule has 0 unspecified atom stereocenters. The monoisotopic (exact) mass is 512 g/mol. The van der Waals surface area contributed by atoms with Crippen molar-refractivity contribution in [1.29, 1.82) is 0 Å². The van der Waals surface area contributed by atoms with Crippen molar-refractivity contribution in [1.82, 2.24) is 0 Å². The van der Waals surface area contributed by atoms with E-state index in [0.29, 0.717) is 0 Å². The Hall–Kier alpha value is -3.19. The number of nitrogen functional groups attached to an aromatic ring is 2. The molecule has 0 saturated carbocycles. The molecule has 154 valence electrons. The van der Waals surface area contributed by atoms with Gasteiger partial charge in [-0.3, -0.25) is 0 Å². The molecule has 4 rings (SSSR count). The lowest BCUT2D eigenvalue weighted by Crippen LogP contribution is -1.86. The Kier molecular flexibility index (Phi) is 8.55. The van der Waals surface area contributed by atoms with E-state index in [0.717, 1.165) is 39.4 Å². The summed E-state index contributed by atoms with van der Waals surface area (Å²) >= 11 is 0. The second-order valence-electron chi connectivity index (χ2n) is 6.53. The molecule has 0 aliphatic rings. The van der Waals surface area contributed by atoms with Crippen molar-refractivity contribution in [2.24, 2.45) is 0 Å². The van der Waals surface area contributed by atoms with E-state index in [4.69, 9.17) is 16.2 Å². The first-order valence-corrected chi connectivity index (χ1v) is 9.20. The highest BCUT2D eigenvalue weighted by Gasteiger charge is 1.99. The number of phenols is 1. The number of hydrogen-bond acceptors (Lipinski definition) is 4. The van der Waals surface area contributed by atoms with Crippen molar-refractivity contribution in [3.63, 3.8) is 0 Å². The number of phenolic OH excluding ortho intramolecular Hbond substituents is 1. The number of halogens is 1. The third kappa shape index (κ3) is 6.42. The van der Waals surface area contributed by atoms with Crippen LogP contribution in [0.25, 0.3) is 22.3 Å². The fourth-order valence-corrected chi connectivity index (χ4v) is 2.92. The maximum absolute atomic E-state index is 9.31. The Morgan fingerprint density at radius 3 is 1.50 bits per heavy atom. The molecule has 0 aromatic heterocycles. The van der Waals surface area contributed by atoms with Crippen LogP contribution in [-0.2, 0) is 0 Å². The van der Waals surface area contributed by atoms with Crippen molar-refractivity contribution in [3.8, 4) is 33.8 Å². The predicted octanol–water partition coefficient (Wildman–Crippen LogP) is 6.20. The molecule has 0 saturated heterocycles. The minimum Gasteiger partial charge on any atom is -0.508 e. The summed E-state index contributed by atoms with van der Waals surface area (Å²) in [6.45, 7) is 0. The third-order valence-electron chi connectivity index (χ3n) is 4.36. The lowest BCUT2D eigenvalue weighted by molar-refractivity contribution is 0.415. The summed E-state index contributed by atoms with van der Waals surface area (Å²) in [6.07, 6.45) is 0. The van der Waals surface area contributed by atoms with E-state index < -0.39 is 0 Å². The van der Waals surface area contributed by atoms with Crippen molar-refractivity contribution in [2.75, 3.05) is 18.6 Å². The first-order valence-electron chi connectivity index (χ1n) is 9.20. The minimum absolute atomic E-state index is 0. The van der Waals surface area contributed by atoms with Gasteiger partial charge < -0.3 is 21.3 Å². The molecule has 0 aliphatic carbocycles. The molecule has 0 radical (unpaired) electrons. The number of rotatable bonds is 3. The van der Waals surface area contributed by atoms with Gasteiger partial charge >= 0.3 is 0 Å². The summed E-state index contributed by atoms with van der Waals surface area (Å²) in [6, 6.07) is 30.4. The molecule has 0 amide bonds. The zero-order chi connectivity index (χ0) is 20.6. The van der Waals surface area contributed by atoms with Gasteiger partial charge in [-0.05, 0) is 70.8 Å². The molecule has 4 nitrogen and oxygen atoms in total. The van der Waals surface area contributed by atoms with E-state index >= 15 is 0 Å². The molecule has 0 atom stereocenters. The molecular weight excluding hydrogens is 487 g/mol. The van der Waals surface area contributed by atoms with Gasteiger partial charge in [-0.2, -0.15) is 0 Å². The largest absolute Gasteiger partial charge is 0.508 e. The molecule has 5 N–H and O–H groups in total. The van der Waals surface area contributed by atoms with Crippen molar-refractivity contribution in [2.45, 2.75) is 0 Å². The van der Waals surface area contributed by atoms with Crippen LogP contribution in [0, 0.1) is 0 Å². The van der Waals surface area contributed by atoms with Gasteiger partial charge in [0.25, 0.3) is 0 Å². The standard InChI is InChI=1S/C13H13NO.C12H11NO.HI/c1-15-13-7-3-5-11(9-13)10-4-2-6-12(14)8-10;13-11-5-1-3-9(7-11)10-4-2-6-12(14)8-10;/h2-9H,14H2,1H3;1-8,14H,13H2;1H. The predicted molar refractivity (Wildman–Crippen MR) is 136 cm³/mol. The fourth-order valence-electron chi connectivity index (χ4n) is 2.92. The maximum atomic E-state index is 9.31. The Balaban J connectivity index is 0.000000207. The van der Waals surface area contributed by atoms with Crippen LogP contribution in [-0.4, -0.2) is 12.2 Å². The quantitative estimate of drug-likeness (QED) is 0.226. The van der Waals surface area contributed by atoms with E-state index in [2.05, 4.69) is 0 Å². The van der Waals surface area contributed by atoms with Crippen LogP contribution in [0.4, 0.5) is 11.4 Å². The molecule has 0 heterocycles. The number of aromatic hydroxyl groups is 1. The first kappa shape index (κ1) is 23.1. The Labute approximate surface area is 194 Å². The molecule has 4 aromatic carbocycles. The smallest absolute Gasteiger partial charge is 0.119 e. The molecule has 0 spiro atoms. The summed E-state index contributed by atoms with van der Waals surface area (Å²) in [4.78, 5) is 0. The number of ether oxygens (including phenoxy) is 1. The van der Waals surface area contributed by atoms with Crippen LogP contribution in [0.5, 0.6) is 11.5 Å². The van der Waals surface area contributed by atoms with Crippen molar-refractivity contribution < 1.29 is 9.84 Å². The highest BCUT2D eigenvalue weighted by molar-refractivity contribution is 14.0. The second kappa shape index (κ2) is 11.1. The number of nitrogens with two attached hydrogens (primary N) is 2. The van der Waals surface area contributed by atoms with E-state index in [1.165, 1.54) is 0 Å². The van der Waals surface area contributed by atoms with E-state index in [9.17, 15) is 5.11 Å². The Morgan fingerprint density at radius 2 is 1.03 bits per heavy atom. The van der Waals surface area contributed by atoms with E-state index in [1.807, 2.05) is 84.9 Å². The topological polar surface area (TPSA) is 81.5 Å². The summed E-state index contributed by atoms with van der Waals surface area (Å²) in [5.41, 5.74) is 17.1. The maximum Gasteiger partial charge on any atom is 0.119 e. The molecule has 4 aromatic rings. The lowest BCUT2D eigenvalue weighted by Gasteiger charge is -2.05. The SMILES string of the molecule is COc1cccc(-c2cccc(N)c2)c1.I.Nc1cccc(-c2cccc(O)c2)c1. The van der Waals surface area contributed by atoms with E-state index in [1.54, 1.807) is 19.2 Å². The van der Waals surface area contributed by atoms with Gasteiger partial charge in [0.05, 0.1) is 7.11 Å². The highest BCUT2D eigenvalue weighted by Crippen LogP contribution is 2.25. The molecule has 0 fully saturated rings. The average Bonchev–Trinajstić information content (AvgIpc) is 2.74. The Bertz CT molecular complexity index is 1060. The summed E-state index contributed by atoms with van der Waals surface area (Å²) in [7, 11) is 1.67. The van der Waals surface area contributed by atoms with Gasteiger partial charge in [-0.25, -0.2) is 0 Å². The van der Waals surface area contributed by atoms with Crippen LogP contribution in [0.15, 0.2) is 97.1 Å². The fraction of sp³-hybridized carbons (Fsp3) is 0.0400. The van der Waals surface area contributed by atoms with Gasteiger partial charge in [-0.1, -0.05) is 48.5 Å². The molecule has 5 heteroatoms.